The molecule has 1 aliphatic heterocycles. The van der Waals surface area contributed by atoms with Gasteiger partial charge < -0.3 is 19.9 Å². The van der Waals surface area contributed by atoms with Crippen LogP contribution in [0.2, 0.25) is 0 Å². The van der Waals surface area contributed by atoms with Crippen LogP contribution in [-0.4, -0.2) is 38.6 Å². The Morgan fingerprint density at radius 1 is 1.33 bits per heavy atom. The van der Waals surface area contributed by atoms with Gasteiger partial charge in [-0.15, -0.1) is 0 Å². The standard InChI is InChI=1S/C14H21NO3/c1-10-4-12(13(17-3)5-11(10)2)15-6-14(7-16)8-18-9-14/h4-5,15-16H,6-9H2,1-3H3. The van der Waals surface area contributed by atoms with Crippen molar-refractivity contribution in [2.45, 2.75) is 13.8 Å². The van der Waals surface area contributed by atoms with Gasteiger partial charge in [0.1, 0.15) is 5.75 Å². The first-order valence-corrected chi connectivity index (χ1v) is 6.18. The Kier molecular flexibility index (Phi) is 3.78. The van der Waals surface area contributed by atoms with Crippen molar-refractivity contribution in [3.63, 3.8) is 0 Å². The van der Waals surface area contributed by atoms with Crippen LogP contribution < -0.4 is 10.1 Å². The highest BCUT2D eigenvalue weighted by molar-refractivity contribution is 5.60. The van der Waals surface area contributed by atoms with E-state index in [2.05, 4.69) is 25.2 Å². The van der Waals surface area contributed by atoms with Gasteiger partial charge in [-0.05, 0) is 37.1 Å². The summed E-state index contributed by atoms with van der Waals surface area (Å²) in [5, 5.41) is 12.7. The third kappa shape index (κ3) is 2.44. The molecule has 1 aliphatic rings. The molecule has 100 valence electrons. The van der Waals surface area contributed by atoms with Gasteiger partial charge in [-0.2, -0.15) is 0 Å². The number of aryl methyl sites for hydroxylation is 2. The number of nitrogens with one attached hydrogen (secondary N) is 1. The Hall–Kier alpha value is -1.26. The zero-order valence-electron chi connectivity index (χ0n) is 11.2. The maximum atomic E-state index is 9.39. The maximum Gasteiger partial charge on any atom is 0.142 e. The molecule has 4 heteroatoms. The van der Waals surface area contributed by atoms with Gasteiger partial charge in [0.15, 0.2) is 0 Å². The quantitative estimate of drug-likeness (QED) is 0.837. The van der Waals surface area contributed by atoms with E-state index < -0.39 is 0 Å². The van der Waals surface area contributed by atoms with Crippen LogP contribution in [0.15, 0.2) is 12.1 Å². The molecule has 0 spiro atoms. The van der Waals surface area contributed by atoms with Gasteiger partial charge in [-0.25, -0.2) is 0 Å². The topological polar surface area (TPSA) is 50.7 Å². The van der Waals surface area contributed by atoms with Crippen LogP contribution in [0.3, 0.4) is 0 Å². The van der Waals surface area contributed by atoms with Gasteiger partial charge in [0.2, 0.25) is 0 Å². The highest BCUT2D eigenvalue weighted by atomic mass is 16.5. The van der Waals surface area contributed by atoms with E-state index in [4.69, 9.17) is 9.47 Å². The zero-order valence-corrected chi connectivity index (χ0v) is 11.2. The van der Waals surface area contributed by atoms with Crippen molar-refractivity contribution in [1.82, 2.24) is 0 Å². The first-order valence-electron chi connectivity index (χ1n) is 6.18. The van der Waals surface area contributed by atoms with Crippen LogP contribution in [0.25, 0.3) is 0 Å². The zero-order chi connectivity index (χ0) is 13.2. The molecule has 0 bridgehead atoms. The van der Waals surface area contributed by atoms with Crippen molar-refractivity contribution in [3.8, 4) is 5.75 Å². The van der Waals surface area contributed by atoms with Crippen molar-refractivity contribution >= 4 is 5.69 Å². The summed E-state index contributed by atoms with van der Waals surface area (Å²) in [5.74, 6) is 0.839. The van der Waals surface area contributed by atoms with Crippen molar-refractivity contribution < 1.29 is 14.6 Å². The second-order valence-electron chi connectivity index (χ2n) is 5.14. The minimum Gasteiger partial charge on any atom is -0.495 e. The third-order valence-corrected chi connectivity index (χ3v) is 3.62. The summed E-state index contributed by atoms with van der Waals surface area (Å²) >= 11 is 0. The summed E-state index contributed by atoms with van der Waals surface area (Å²) < 4.78 is 10.6. The molecule has 4 nitrogen and oxygen atoms in total. The highest BCUT2D eigenvalue weighted by Gasteiger charge is 2.37. The molecule has 1 aromatic carbocycles. The Balaban J connectivity index is 2.11. The van der Waals surface area contributed by atoms with Crippen LogP contribution >= 0.6 is 0 Å². The monoisotopic (exact) mass is 251 g/mol. The van der Waals surface area contributed by atoms with E-state index in [1.165, 1.54) is 11.1 Å². The molecule has 0 saturated carbocycles. The molecule has 0 unspecified atom stereocenters. The number of hydrogen-bond donors (Lipinski definition) is 2. The van der Waals surface area contributed by atoms with E-state index in [9.17, 15) is 5.11 Å². The highest BCUT2D eigenvalue weighted by Crippen LogP contribution is 2.31. The lowest BCUT2D eigenvalue weighted by molar-refractivity contribution is -0.128. The number of aliphatic hydroxyl groups excluding tert-OH is 1. The van der Waals surface area contributed by atoms with Crippen molar-refractivity contribution in [1.29, 1.82) is 0 Å². The van der Waals surface area contributed by atoms with Gasteiger partial charge in [0, 0.05) is 6.54 Å². The summed E-state index contributed by atoms with van der Waals surface area (Å²) in [5.41, 5.74) is 3.27. The lowest BCUT2D eigenvalue weighted by atomic mass is 9.87. The lowest BCUT2D eigenvalue weighted by Gasteiger charge is -2.40. The van der Waals surface area contributed by atoms with E-state index in [0.29, 0.717) is 19.8 Å². The van der Waals surface area contributed by atoms with E-state index in [1.54, 1.807) is 7.11 Å². The summed E-state index contributed by atoms with van der Waals surface area (Å²) in [6, 6.07) is 4.11. The smallest absolute Gasteiger partial charge is 0.142 e. The molecule has 1 saturated heterocycles. The molecule has 1 heterocycles. The Bertz CT molecular complexity index is 422. The average Bonchev–Trinajstić information content (AvgIpc) is 2.32. The average molecular weight is 251 g/mol. The molecule has 18 heavy (non-hydrogen) atoms. The Labute approximate surface area is 108 Å². The number of rotatable bonds is 5. The fraction of sp³-hybridized carbons (Fsp3) is 0.571. The molecule has 0 aliphatic carbocycles. The summed E-state index contributed by atoms with van der Waals surface area (Å²) in [7, 11) is 1.67. The van der Waals surface area contributed by atoms with Gasteiger partial charge in [0.25, 0.3) is 0 Å². The molecule has 1 fully saturated rings. The van der Waals surface area contributed by atoms with Gasteiger partial charge in [-0.1, -0.05) is 0 Å². The molecular weight excluding hydrogens is 230 g/mol. The summed E-state index contributed by atoms with van der Waals surface area (Å²) in [6.45, 7) is 6.22. The van der Waals surface area contributed by atoms with Gasteiger partial charge in [0.05, 0.1) is 38.0 Å². The minimum atomic E-state index is -0.135. The minimum absolute atomic E-state index is 0.135. The molecule has 0 atom stereocenters. The van der Waals surface area contributed by atoms with E-state index in [1.807, 2.05) is 6.07 Å². The number of ether oxygens (including phenoxy) is 2. The number of aliphatic hydroxyl groups is 1. The number of hydrogen-bond acceptors (Lipinski definition) is 4. The van der Waals surface area contributed by atoms with Gasteiger partial charge in [-0.3, -0.25) is 0 Å². The van der Waals surface area contributed by atoms with Crippen molar-refractivity contribution in [2.75, 3.05) is 38.8 Å². The van der Waals surface area contributed by atoms with E-state index >= 15 is 0 Å². The fourth-order valence-corrected chi connectivity index (χ4v) is 2.02. The number of methoxy groups -OCH3 is 1. The van der Waals surface area contributed by atoms with Crippen LogP contribution in [0.5, 0.6) is 5.75 Å². The molecular formula is C14H21NO3. The second kappa shape index (κ2) is 5.16. The largest absolute Gasteiger partial charge is 0.495 e. The first-order chi connectivity index (χ1) is 8.60. The van der Waals surface area contributed by atoms with Crippen LogP contribution in [-0.2, 0) is 4.74 Å². The Morgan fingerprint density at radius 3 is 2.50 bits per heavy atom. The predicted molar refractivity (Wildman–Crippen MR) is 71.3 cm³/mol. The molecule has 2 rings (SSSR count). The van der Waals surface area contributed by atoms with Crippen molar-refractivity contribution in [2.24, 2.45) is 5.41 Å². The summed E-state index contributed by atoms with van der Waals surface area (Å²) in [6.07, 6.45) is 0. The van der Waals surface area contributed by atoms with Crippen molar-refractivity contribution in [3.05, 3.63) is 23.3 Å². The van der Waals surface area contributed by atoms with Crippen LogP contribution in [0.1, 0.15) is 11.1 Å². The lowest BCUT2D eigenvalue weighted by Crippen LogP contribution is -2.50. The maximum absolute atomic E-state index is 9.39. The molecule has 0 aromatic heterocycles. The molecule has 0 amide bonds. The number of anilines is 1. The second-order valence-corrected chi connectivity index (χ2v) is 5.14. The SMILES string of the molecule is COc1cc(C)c(C)cc1NCC1(CO)COC1. The molecule has 1 aromatic rings. The third-order valence-electron chi connectivity index (χ3n) is 3.62. The predicted octanol–water partition coefficient (Wildman–Crippen LogP) is 1.73. The van der Waals surface area contributed by atoms with Crippen LogP contribution in [0, 0.1) is 19.3 Å². The molecule has 2 N–H and O–H groups in total. The Morgan fingerprint density at radius 2 is 2.00 bits per heavy atom. The first kappa shape index (κ1) is 13.2. The summed E-state index contributed by atoms with van der Waals surface area (Å²) in [4.78, 5) is 0. The van der Waals surface area contributed by atoms with Gasteiger partial charge >= 0.3 is 0 Å². The van der Waals surface area contributed by atoms with Crippen LogP contribution in [0.4, 0.5) is 5.69 Å². The number of benzene rings is 1. The van der Waals surface area contributed by atoms with E-state index in [-0.39, 0.29) is 12.0 Å². The van der Waals surface area contributed by atoms with E-state index in [0.717, 1.165) is 11.4 Å². The fourth-order valence-electron chi connectivity index (χ4n) is 2.02. The molecule has 0 radical (unpaired) electrons. The normalized spacial score (nSPS) is 17.1.